The molecule has 3 rings (SSSR count). The van der Waals surface area contributed by atoms with Crippen LogP contribution in [0, 0.1) is 5.41 Å². The second-order valence-electron chi connectivity index (χ2n) is 7.63. The second kappa shape index (κ2) is 6.21. The normalized spacial score (nSPS) is 22.8. The third kappa shape index (κ3) is 3.03. The standard InChI is InChI=1S/C20H25NO4/c1-20(2)10-14-19(15(22)11-20)13(9-18(23)21(14)3)12-6-7-16(24-4)17(8-12)25-5/h6-8,13H,9-11H2,1-5H3/t13-/m1/s1. The molecule has 5 nitrogen and oxygen atoms in total. The lowest BCUT2D eigenvalue weighted by Gasteiger charge is -2.41. The van der Waals surface area contributed by atoms with Crippen LogP contribution in [0.25, 0.3) is 0 Å². The molecule has 0 aromatic heterocycles. The van der Waals surface area contributed by atoms with Crippen LogP contribution in [-0.4, -0.2) is 37.9 Å². The SMILES string of the molecule is COc1ccc([C@H]2CC(=O)N(C)C3=C2C(=O)CC(C)(C)C3)cc1OC. The molecule has 1 aromatic carbocycles. The summed E-state index contributed by atoms with van der Waals surface area (Å²) in [6, 6.07) is 5.62. The number of hydrogen-bond donors (Lipinski definition) is 0. The van der Waals surface area contributed by atoms with Crippen molar-refractivity contribution >= 4 is 11.7 Å². The summed E-state index contributed by atoms with van der Waals surface area (Å²) in [7, 11) is 4.95. The minimum Gasteiger partial charge on any atom is -0.493 e. The molecular weight excluding hydrogens is 318 g/mol. The molecule has 1 aromatic rings. The van der Waals surface area contributed by atoms with Crippen LogP contribution in [0.5, 0.6) is 11.5 Å². The van der Waals surface area contributed by atoms with E-state index in [-0.39, 0.29) is 23.0 Å². The fraction of sp³-hybridized carbons (Fsp3) is 0.500. The number of carbonyl (C=O) groups is 2. The lowest BCUT2D eigenvalue weighted by molar-refractivity contribution is -0.130. The van der Waals surface area contributed by atoms with E-state index in [4.69, 9.17) is 9.47 Å². The molecule has 1 amide bonds. The molecule has 1 heterocycles. The van der Waals surface area contributed by atoms with Crippen molar-refractivity contribution < 1.29 is 19.1 Å². The van der Waals surface area contributed by atoms with Crippen LogP contribution in [0.3, 0.4) is 0 Å². The van der Waals surface area contributed by atoms with Crippen molar-refractivity contribution in [2.24, 2.45) is 5.41 Å². The van der Waals surface area contributed by atoms with Crippen LogP contribution in [0.2, 0.25) is 0 Å². The molecule has 0 spiro atoms. The van der Waals surface area contributed by atoms with E-state index in [1.165, 1.54) is 0 Å². The number of rotatable bonds is 3. The Labute approximate surface area is 148 Å². The highest BCUT2D eigenvalue weighted by atomic mass is 16.5. The number of benzene rings is 1. The minimum absolute atomic E-state index is 0.0454. The smallest absolute Gasteiger partial charge is 0.227 e. The van der Waals surface area contributed by atoms with E-state index in [1.807, 2.05) is 18.2 Å². The van der Waals surface area contributed by atoms with Crippen molar-refractivity contribution in [1.82, 2.24) is 4.90 Å². The molecule has 0 saturated carbocycles. The van der Waals surface area contributed by atoms with E-state index in [2.05, 4.69) is 13.8 Å². The summed E-state index contributed by atoms with van der Waals surface area (Å²) >= 11 is 0. The maximum absolute atomic E-state index is 12.9. The Kier molecular flexibility index (Phi) is 4.35. The summed E-state index contributed by atoms with van der Waals surface area (Å²) in [5.74, 6) is 1.21. The maximum Gasteiger partial charge on any atom is 0.227 e. The molecule has 2 aliphatic rings. The number of nitrogens with zero attached hydrogens (tertiary/aromatic N) is 1. The number of carbonyl (C=O) groups excluding carboxylic acids is 2. The Morgan fingerprint density at radius 2 is 1.76 bits per heavy atom. The molecule has 0 fully saturated rings. The molecule has 1 aliphatic heterocycles. The molecule has 5 heteroatoms. The molecule has 0 N–H and O–H groups in total. The summed E-state index contributed by atoms with van der Waals surface area (Å²) in [4.78, 5) is 27.1. The van der Waals surface area contributed by atoms with Gasteiger partial charge in [0.15, 0.2) is 17.3 Å². The first kappa shape index (κ1) is 17.5. The third-order valence-corrected chi connectivity index (χ3v) is 5.21. The van der Waals surface area contributed by atoms with Gasteiger partial charge in [0.05, 0.1) is 14.2 Å². The average Bonchev–Trinajstić information content (AvgIpc) is 2.56. The fourth-order valence-electron chi connectivity index (χ4n) is 3.91. The molecule has 0 bridgehead atoms. The highest BCUT2D eigenvalue weighted by Crippen LogP contribution is 2.47. The maximum atomic E-state index is 12.9. The summed E-state index contributed by atoms with van der Waals surface area (Å²) < 4.78 is 10.7. The third-order valence-electron chi connectivity index (χ3n) is 5.21. The quantitative estimate of drug-likeness (QED) is 0.845. The van der Waals surface area contributed by atoms with Gasteiger partial charge in [0, 0.05) is 37.1 Å². The van der Waals surface area contributed by atoms with Crippen LogP contribution in [0.1, 0.15) is 44.6 Å². The van der Waals surface area contributed by atoms with Crippen molar-refractivity contribution in [3.63, 3.8) is 0 Å². The Morgan fingerprint density at radius 1 is 1.08 bits per heavy atom. The van der Waals surface area contributed by atoms with E-state index in [9.17, 15) is 9.59 Å². The Hall–Kier alpha value is -2.30. The summed E-state index contributed by atoms with van der Waals surface area (Å²) in [6.07, 6.45) is 1.55. The number of hydrogen-bond acceptors (Lipinski definition) is 4. The van der Waals surface area contributed by atoms with Gasteiger partial charge in [-0.1, -0.05) is 19.9 Å². The van der Waals surface area contributed by atoms with Gasteiger partial charge in [-0.15, -0.1) is 0 Å². The van der Waals surface area contributed by atoms with Crippen molar-refractivity contribution in [2.45, 2.75) is 39.0 Å². The second-order valence-corrected chi connectivity index (χ2v) is 7.63. The van der Waals surface area contributed by atoms with Gasteiger partial charge >= 0.3 is 0 Å². The van der Waals surface area contributed by atoms with Crippen LogP contribution in [0.4, 0.5) is 0 Å². The number of amides is 1. The van der Waals surface area contributed by atoms with E-state index in [0.717, 1.165) is 23.3 Å². The molecular formula is C20H25NO4. The van der Waals surface area contributed by atoms with Gasteiger partial charge in [0.2, 0.25) is 5.91 Å². The summed E-state index contributed by atoms with van der Waals surface area (Å²) in [5, 5.41) is 0. The highest BCUT2D eigenvalue weighted by molar-refractivity contribution is 6.02. The van der Waals surface area contributed by atoms with Crippen molar-refractivity contribution in [1.29, 1.82) is 0 Å². The lowest BCUT2D eigenvalue weighted by Crippen LogP contribution is -2.41. The number of ether oxygens (including phenoxy) is 2. The van der Waals surface area contributed by atoms with Crippen LogP contribution in [-0.2, 0) is 9.59 Å². The predicted molar refractivity (Wildman–Crippen MR) is 94.7 cm³/mol. The van der Waals surface area contributed by atoms with E-state index in [0.29, 0.717) is 24.3 Å². The first-order chi connectivity index (χ1) is 11.8. The van der Waals surface area contributed by atoms with E-state index < -0.39 is 0 Å². The zero-order valence-electron chi connectivity index (χ0n) is 15.5. The number of Topliss-reactive ketones (excluding diaryl/α,β-unsaturated/α-hetero) is 1. The fourth-order valence-corrected chi connectivity index (χ4v) is 3.91. The van der Waals surface area contributed by atoms with E-state index in [1.54, 1.807) is 26.2 Å². The molecule has 134 valence electrons. The highest BCUT2D eigenvalue weighted by Gasteiger charge is 2.42. The molecule has 0 radical (unpaired) electrons. The van der Waals surface area contributed by atoms with Crippen molar-refractivity contribution in [2.75, 3.05) is 21.3 Å². The van der Waals surface area contributed by atoms with Gasteiger partial charge in [0.1, 0.15) is 0 Å². The molecule has 0 unspecified atom stereocenters. The van der Waals surface area contributed by atoms with Gasteiger partial charge in [-0.05, 0) is 29.5 Å². The predicted octanol–water partition coefficient (Wildman–Crippen LogP) is 3.29. The zero-order valence-corrected chi connectivity index (χ0v) is 15.5. The lowest BCUT2D eigenvalue weighted by atomic mass is 9.69. The first-order valence-electron chi connectivity index (χ1n) is 8.52. The zero-order chi connectivity index (χ0) is 18.4. The molecule has 25 heavy (non-hydrogen) atoms. The molecule has 0 saturated heterocycles. The van der Waals surface area contributed by atoms with Crippen LogP contribution >= 0.6 is 0 Å². The Bertz CT molecular complexity index is 763. The summed E-state index contributed by atoms with van der Waals surface area (Å²) in [6.45, 7) is 4.15. The number of allylic oxidation sites excluding steroid dienone is 2. The van der Waals surface area contributed by atoms with Crippen LogP contribution < -0.4 is 9.47 Å². The van der Waals surface area contributed by atoms with Gasteiger partial charge in [-0.3, -0.25) is 9.59 Å². The Balaban J connectivity index is 2.11. The monoisotopic (exact) mass is 343 g/mol. The molecule has 1 aliphatic carbocycles. The average molecular weight is 343 g/mol. The van der Waals surface area contributed by atoms with Gasteiger partial charge in [0.25, 0.3) is 0 Å². The van der Waals surface area contributed by atoms with Crippen molar-refractivity contribution in [3.8, 4) is 11.5 Å². The van der Waals surface area contributed by atoms with E-state index >= 15 is 0 Å². The first-order valence-corrected chi connectivity index (χ1v) is 8.52. The number of methoxy groups -OCH3 is 2. The Morgan fingerprint density at radius 3 is 2.40 bits per heavy atom. The number of ketones is 1. The molecule has 1 atom stereocenters. The minimum atomic E-state index is -0.220. The largest absolute Gasteiger partial charge is 0.493 e. The van der Waals surface area contributed by atoms with Gasteiger partial charge in [-0.25, -0.2) is 0 Å². The summed E-state index contributed by atoms with van der Waals surface area (Å²) in [5.41, 5.74) is 2.45. The van der Waals surface area contributed by atoms with Crippen LogP contribution in [0.15, 0.2) is 29.5 Å². The van der Waals surface area contributed by atoms with Gasteiger partial charge < -0.3 is 14.4 Å². The topological polar surface area (TPSA) is 55.8 Å². The van der Waals surface area contributed by atoms with Crippen molar-refractivity contribution in [3.05, 3.63) is 35.0 Å². The van der Waals surface area contributed by atoms with Gasteiger partial charge in [-0.2, -0.15) is 0 Å².